The van der Waals surface area contributed by atoms with Gasteiger partial charge in [0.15, 0.2) is 0 Å². The molecule has 116 valence electrons. The topological polar surface area (TPSA) is 77.8 Å². The molecule has 0 bridgehead atoms. The number of piperidine rings is 1. The first-order valence-corrected chi connectivity index (χ1v) is 5.99. The van der Waals surface area contributed by atoms with E-state index in [2.05, 4.69) is 0 Å². The molecule has 2 N–H and O–H groups in total. The van der Waals surface area contributed by atoms with Gasteiger partial charge in [0.25, 0.3) is 5.92 Å². The van der Waals surface area contributed by atoms with Gasteiger partial charge in [-0.1, -0.05) is 0 Å². The van der Waals surface area contributed by atoms with E-state index in [4.69, 9.17) is 10.2 Å². The maximum Gasteiger partial charge on any atom is 0.332 e. The average Bonchev–Trinajstić information content (AvgIpc) is 2.30. The van der Waals surface area contributed by atoms with E-state index in [0.717, 1.165) is 0 Å². The first-order chi connectivity index (χ1) is 8.73. The number of aliphatic carboxylic acids is 2. The number of alkyl halides is 2. The molecule has 0 unspecified atom stereocenters. The lowest BCUT2D eigenvalue weighted by Crippen LogP contribution is -2.40. The number of carboxylic acid groups (broad SMARTS) is 2. The maximum absolute atomic E-state index is 12.9. The first-order valence-electron chi connectivity index (χ1n) is 5.99. The van der Waals surface area contributed by atoms with Crippen molar-refractivity contribution in [2.24, 2.45) is 0 Å². The van der Waals surface area contributed by atoms with Crippen LogP contribution in [-0.4, -0.2) is 52.6 Å². The lowest BCUT2D eigenvalue weighted by atomic mass is 10.0. The minimum Gasteiger partial charge on any atom is -0.478 e. The zero-order valence-electron chi connectivity index (χ0n) is 11.1. The predicted molar refractivity (Wildman–Crippen MR) is 70.5 cm³/mol. The summed E-state index contributed by atoms with van der Waals surface area (Å²) in [5.74, 6) is -5.19. The lowest BCUT2D eigenvalue weighted by Gasteiger charge is -2.31. The van der Waals surface area contributed by atoms with Crippen molar-refractivity contribution in [2.75, 3.05) is 19.6 Å². The van der Waals surface area contributed by atoms with E-state index in [1.807, 2.05) is 0 Å². The molecule has 0 aromatic carbocycles. The van der Waals surface area contributed by atoms with Crippen molar-refractivity contribution in [3.63, 3.8) is 0 Å². The van der Waals surface area contributed by atoms with E-state index in [0.29, 0.717) is 0 Å². The smallest absolute Gasteiger partial charge is 0.332 e. The molecule has 1 aliphatic heterocycles. The summed E-state index contributed by atoms with van der Waals surface area (Å²) in [5, 5.41) is 17.7. The number of carboxylic acids is 2. The van der Waals surface area contributed by atoms with Gasteiger partial charge < -0.3 is 15.1 Å². The van der Waals surface area contributed by atoms with Crippen molar-refractivity contribution in [2.45, 2.75) is 32.1 Å². The highest BCUT2D eigenvalue weighted by Crippen LogP contribution is 2.27. The number of likely N-dealkylation sites (tertiary alicyclic amines) is 1. The number of nitrogens with zero attached hydrogens (tertiary/aromatic N) is 1. The zero-order chi connectivity index (χ0) is 14.6. The van der Waals surface area contributed by atoms with Gasteiger partial charge in [0, 0.05) is 43.6 Å². The molecule has 0 aromatic rings. The second-order valence-electron chi connectivity index (χ2n) is 4.66. The van der Waals surface area contributed by atoms with Crippen LogP contribution in [0.2, 0.25) is 0 Å². The molecule has 5 nitrogen and oxygen atoms in total. The summed E-state index contributed by atoms with van der Waals surface area (Å²) in [5.41, 5.74) is -0.389. The summed E-state index contributed by atoms with van der Waals surface area (Å²) in [6.45, 7) is 1.91. The third-order valence-electron chi connectivity index (χ3n) is 3.30. The maximum atomic E-state index is 12.9. The van der Waals surface area contributed by atoms with Crippen molar-refractivity contribution in [1.29, 1.82) is 0 Å². The van der Waals surface area contributed by atoms with Gasteiger partial charge in [-0.25, -0.2) is 18.4 Å². The molecule has 0 saturated carbocycles. The second-order valence-corrected chi connectivity index (χ2v) is 4.66. The SMILES string of the molecule is C/C(C(=O)O)=C(/CCN1CCC(F)(F)CC1)C(=O)O.Cl. The van der Waals surface area contributed by atoms with Crippen LogP contribution in [0.15, 0.2) is 11.1 Å². The fourth-order valence-electron chi connectivity index (χ4n) is 1.96. The summed E-state index contributed by atoms with van der Waals surface area (Å²) in [4.78, 5) is 23.4. The van der Waals surface area contributed by atoms with Crippen LogP contribution in [0.3, 0.4) is 0 Å². The molecule has 1 heterocycles. The van der Waals surface area contributed by atoms with E-state index < -0.39 is 17.9 Å². The minimum atomic E-state index is -2.64. The number of hydrogen-bond donors (Lipinski definition) is 2. The Kier molecular flexibility index (Phi) is 7.08. The van der Waals surface area contributed by atoms with Crippen molar-refractivity contribution in [3.05, 3.63) is 11.1 Å². The van der Waals surface area contributed by atoms with Crippen LogP contribution in [-0.2, 0) is 9.59 Å². The van der Waals surface area contributed by atoms with Crippen LogP contribution >= 0.6 is 12.4 Å². The van der Waals surface area contributed by atoms with Crippen LogP contribution in [0.1, 0.15) is 26.2 Å². The van der Waals surface area contributed by atoms with Crippen LogP contribution in [0, 0.1) is 0 Å². The normalized spacial score (nSPS) is 19.8. The van der Waals surface area contributed by atoms with Gasteiger partial charge in [-0.15, -0.1) is 12.4 Å². The summed E-state index contributed by atoms with van der Waals surface area (Å²) in [7, 11) is 0. The number of carbonyl (C=O) groups is 2. The van der Waals surface area contributed by atoms with Gasteiger partial charge in [-0.2, -0.15) is 0 Å². The molecule has 0 aliphatic carbocycles. The molecule has 20 heavy (non-hydrogen) atoms. The number of halogens is 3. The van der Waals surface area contributed by atoms with Crippen LogP contribution in [0.4, 0.5) is 8.78 Å². The largest absolute Gasteiger partial charge is 0.478 e. The van der Waals surface area contributed by atoms with E-state index >= 15 is 0 Å². The highest BCUT2D eigenvalue weighted by Gasteiger charge is 2.33. The van der Waals surface area contributed by atoms with Crippen LogP contribution in [0.5, 0.6) is 0 Å². The molecule has 8 heteroatoms. The molecule has 0 radical (unpaired) electrons. The fraction of sp³-hybridized carbons (Fsp3) is 0.667. The average molecular weight is 314 g/mol. The second kappa shape index (κ2) is 7.54. The molecule has 0 spiro atoms. The molecule has 1 fully saturated rings. The third-order valence-corrected chi connectivity index (χ3v) is 3.30. The summed E-state index contributed by atoms with van der Waals surface area (Å²) in [6.07, 6.45) is -0.437. The first kappa shape index (κ1) is 18.8. The number of hydrogen-bond acceptors (Lipinski definition) is 3. The van der Waals surface area contributed by atoms with Crippen LogP contribution < -0.4 is 0 Å². The Balaban J connectivity index is 0.00000361. The van der Waals surface area contributed by atoms with Gasteiger partial charge in [0.1, 0.15) is 0 Å². The Bertz CT molecular complexity index is 402. The molecule has 1 rings (SSSR count). The highest BCUT2D eigenvalue weighted by atomic mass is 35.5. The molecule has 1 saturated heterocycles. The quantitative estimate of drug-likeness (QED) is 0.759. The van der Waals surface area contributed by atoms with Crippen LogP contribution in [0.25, 0.3) is 0 Å². The number of rotatable bonds is 5. The highest BCUT2D eigenvalue weighted by molar-refractivity contribution is 5.98. The van der Waals surface area contributed by atoms with E-state index in [-0.39, 0.29) is 62.4 Å². The van der Waals surface area contributed by atoms with Gasteiger partial charge in [0.2, 0.25) is 0 Å². The third kappa shape index (κ3) is 5.42. The Morgan fingerprint density at radius 1 is 1.15 bits per heavy atom. The van der Waals surface area contributed by atoms with Crippen molar-refractivity contribution < 1.29 is 28.6 Å². The molecule has 0 atom stereocenters. The van der Waals surface area contributed by atoms with Crippen molar-refractivity contribution in [3.8, 4) is 0 Å². The predicted octanol–water partition coefficient (Wildman–Crippen LogP) is 2.02. The minimum absolute atomic E-state index is 0. The zero-order valence-corrected chi connectivity index (χ0v) is 11.9. The van der Waals surface area contributed by atoms with Gasteiger partial charge in [-0.3, -0.25) is 0 Å². The standard InChI is InChI=1S/C12H17F2NO4.ClH/c1-8(10(16)17)9(11(18)19)2-5-15-6-3-12(13,14)4-7-15;/h2-7H2,1H3,(H,16,17)(H,18,19);1H/b9-8+;. The van der Waals surface area contributed by atoms with Gasteiger partial charge in [0.05, 0.1) is 0 Å². The molecular formula is C12H18ClF2NO4. The summed E-state index contributed by atoms with van der Waals surface area (Å²) >= 11 is 0. The Morgan fingerprint density at radius 3 is 2.05 bits per heavy atom. The summed E-state index contributed by atoms with van der Waals surface area (Å²) < 4.78 is 25.9. The van der Waals surface area contributed by atoms with E-state index in [1.165, 1.54) is 6.92 Å². The fourth-order valence-corrected chi connectivity index (χ4v) is 1.96. The van der Waals surface area contributed by atoms with Crippen molar-refractivity contribution >= 4 is 24.3 Å². The Morgan fingerprint density at radius 2 is 1.65 bits per heavy atom. The summed E-state index contributed by atoms with van der Waals surface area (Å²) in [6, 6.07) is 0. The molecule has 1 aliphatic rings. The van der Waals surface area contributed by atoms with Gasteiger partial charge in [-0.05, 0) is 13.3 Å². The Labute approximate surface area is 121 Å². The molecule has 0 aromatic heterocycles. The Hall–Kier alpha value is -1.21. The lowest BCUT2D eigenvalue weighted by molar-refractivity contribution is -0.136. The van der Waals surface area contributed by atoms with E-state index in [9.17, 15) is 18.4 Å². The van der Waals surface area contributed by atoms with E-state index in [1.54, 1.807) is 4.90 Å². The molecular weight excluding hydrogens is 296 g/mol. The van der Waals surface area contributed by atoms with Gasteiger partial charge >= 0.3 is 11.9 Å². The monoisotopic (exact) mass is 313 g/mol. The molecule has 0 amide bonds. The van der Waals surface area contributed by atoms with Crippen molar-refractivity contribution in [1.82, 2.24) is 4.90 Å².